The molecule has 0 aromatic heterocycles. The molecule has 0 saturated carbocycles. The SMILES string of the molecule is CC(=O)CNC(=O)[C@@H](CC(=O)Cc1ccc(Br)cc1F)CC(C)C.CC(C)C[C@H](CC(=O)Cc1ccc(Br)cc1)C(=O)NCC(C)(C)O.CC(C)C[C@H](CC(=O)Cc1ccc(Br)cc1)C(=O)N[C@@H](C)C(=O)O.CC(C)C[C@H](CC(=O)Cc1ccc(Br)cc1)C(=O)N[C@H](C(=O)O)C(C)C.CC(C)C[C@H](CC(=O)Cc1ccc(Br)cc1)C(=O)N[C@H](C(N)=O)C(C)C.CC(C)C[C@H](CC(=O)Cc1ccc(Br)cc1F)C(=O)N[C@@H](C)C(=O)O. The number of rotatable bonds is 56. The number of Topliss-reactive ketones (excluding diaryl/α,β-unsaturated/α-hetero) is 7. The van der Waals surface area contributed by atoms with E-state index in [1.54, 1.807) is 45.9 Å². The zero-order chi connectivity index (χ0) is 114. The van der Waals surface area contributed by atoms with Gasteiger partial charge in [-0.05, 0) is 227 Å². The van der Waals surface area contributed by atoms with Gasteiger partial charge in [-0.3, -0.25) is 76.7 Å². The van der Waals surface area contributed by atoms with Gasteiger partial charge in [0.25, 0.3) is 0 Å². The molecule has 824 valence electrons. The Morgan fingerprint density at radius 1 is 0.309 bits per heavy atom. The van der Waals surface area contributed by atoms with Crippen molar-refractivity contribution in [3.8, 4) is 0 Å². The second-order valence-electron chi connectivity index (χ2n) is 41.7. The molecule has 0 aliphatic heterocycles. The molecule has 7 amide bonds. The molecule has 36 heteroatoms. The average molecular weight is 2460 g/mol. The van der Waals surface area contributed by atoms with Gasteiger partial charge in [0.05, 0.1) is 12.1 Å². The van der Waals surface area contributed by atoms with Crippen molar-refractivity contribution in [2.45, 2.75) is 291 Å². The molecule has 6 rings (SSSR count). The summed E-state index contributed by atoms with van der Waals surface area (Å²) in [5.41, 5.74) is 8.66. The molecular weight excluding hydrogens is 2310 g/mol. The summed E-state index contributed by atoms with van der Waals surface area (Å²) >= 11 is 19.8. The van der Waals surface area contributed by atoms with E-state index in [0.717, 1.165) is 40.1 Å². The van der Waals surface area contributed by atoms with Gasteiger partial charge >= 0.3 is 17.9 Å². The van der Waals surface area contributed by atoms with Gasteiger partial charge in [0.15, 0.2) is 0 Å². The van der Waals surface area contributed by atoms with E-state index in [1.807, 2.05) is 194 Å². The van der Waals surface area contributed by atoms with Crippen molar-refractivity contribution in [3.05, 3.63) is 205 Å². The van der Waals surface area contributed by atoms with Crippen LogP contribution >= 0.6 is 95.6 Å². The molecule has 0 aliphatic carbocycles. The first-order valence-corrected chi connectivity index (χ1v) is 54.9. The van der Waals surface area contributed by atoms with Gasteiger partial charge in [0, 0.05) is 146 Å². The third-order valence-corrected chi connectivity index (χ3v) is 25.9. The van der Waals surface area contributed by atoms with E-state index in [4.69, 9.17) is 15.9 Å². The van der Waals surface area contributed by atoms with Crippen molar-refractivity contribution >= 4 is 195 Å². The number of hydrogen-bond acceptors (Lipinski definition) is 18. The van der Waals surface area contributed by atoms with Crippen LogP contribution in [0.2, 0.25) is 0 Å². The topological polar surface area (TPSA) is 469 Å². The molecule has 0 heterocycles. The first kappa shape index (κ1) is 137. The highest BCUT2D eigenvalue weighted by molar-refractivity contribution is 9.11. The van der Waals surface area contributed by atoms with E-state index in [9.17, 15) is 101 Å². The first-order valence-electron chi connectivity index (χ1n) is 50.2. The molecule has 12 N–H and O–H groups in total. The number of halogens is 8. The summed E-state index contributed by atoms with van der Waals surface area (Å²) in [6, 6.07) is 35.5. The van der Waals surface area contributed by atoms with Gasteiger partial charge in [-0.1, -0.05) is 267 Å². The molecular formula is C113H155Br6F2N7O21. The van der Waals surface area contributed by atoms with Crippen LogP contribution in [-0.4, -0.2) is 163 Å². The minimum atomic E-state index is -1.14. The molecule has 0 aliphatic rings. The minimum Gasteiger partial charge on any atom is -0.480 e. The maximum Gasteiger partial charge on any atom is 0.326 e. The van der Waals surface area contributed by atoms with Crippen LogP contribution in [0.5, 0.6) is 0 Å². The molecule has 0 unspecified atom stereocenters. The van der Waals surface area contributed by atoms with E-state index in [1.165, 1.54) is 39.0 Å². The van der Waals surface area contributed by atoms with E-state index >= 15 is 0 Å². The maximum absolute atomic E-state index is 13.9. The van der Waals surface area contributed by atoms with Crippen molar-refractivity contribution in [1.82, 2.24) is 31.9 Å². The Bertz CT molecular complexity index is 5220. The van der Waals surface area contributed by atoms with E-state index in [0.29, 0.717) is 71.8 Å². The molecule has 0 radical (unpaired) electrons. The number of primary amides is 1. The molecule has 10 atom stereocenters. The van der Waals surface area contributed by atoms with Crippen molar-refractivity contribution < 1.29 is 111 Å². The molecule has 6 aromatic carbocycles. The lowest BCUT2D eigenvalue weighted by molar-refractivity contribution is -0.144. The van der Waals surface area contributed by atoms with Crippen molar-refractivity contribution in [2.24, 2.45) is 88.6 Å². The highest BCUT2D eigenvalue weighted by atomic mass is 79.9. The Morgan fingerprint density at radius 3 is 0.738 bits per heavy atom. The predicted octanol–water partition coefficient (Wildman–Crippen LogP) is 20.6. The second kappa shape index (κ2) is 71.3. The molecule has 149 heavy (non-hydrogen) atoms. The van der Waals surface area contributed by atoms with Gasteiger partial charge < -0.3 is 58.1 Å². The van der Waals surface area contributed by atoms with Gasteiger partial charge in [-0.15, -0.1) is 0 Å². The summed E-state index contributed by atoms with van der Waals surface area (Å²) in [6.07, 6.45) is 4.94. The van der Waals surface area contributed by atoms with Crippen LogP contribution in [0.25, 0.3) is 0 Å². The van der Waals surface area contributed by atoms with Crippen molar-refractivity contribution in [3.63, 3.8) is 0 Å². The number of ketones is 7. The van der Waals surface area contributed by atoms with Crippen molar-refractivity contribution in [2.75, 3.05) is 13.1 Å². The van der Waals surface area contributed by atoms with Crippen LogP contribution in [0.4, 0.5) is 8.78 Å². The first-order chi connectivity index (χ1) is 69.2. The Kier molecular flexibility index (Phi) is 65.8. The van der Waals surface area contributed by atoms with E-state index < -0.39 is 101 Å². The van der Waals surface area contributed by atoms with Crippen LogP contribution < -0.4 is 37.6 Å². The normalized spacial score (nSPS) is 13.1. The summed E-state index contributed by atoms with van der Waals surface area (Å²) in [5, 5.41) is 52.3. The van der Waals surface area contributed by atoms with E-state index in [-0.39, 0.29) is 200 Å². The summed E-state index contributed by atoms with van der Waals surface area (Å²) < 4.78 is 32.7. The smallest absolute Gasteiger partial charge is 0.326 e. The number of carboxylic acids is 3. The number of carbonyl (C=O) groups excluding carboxylic acids is 14. The van der Waals surface area contributed by atoms with Crippen LogP contribution in [0.15, 0.2) is 160 Å². The second-order valence-corrected chi connectivity index (χ2v) is 47.2. The molecule has 0 fully saturated rings. The highest BCUT2D eigenvalue weighted by Gasteiger charge is 2.35. The van der Waals surface area contributed by atoms with Gasteiger partial charge in [0.1, 0.15) is 76.3 Å². The van der Waals surface area contributed by atoms with Gasteiger partial charge in [-0.2, -0.15) is 0 Å². The lowest BCUT2D eigenvalue weighted by Crippen LogP contribution is -2.49. The fourth-order valence-corrected chi connectivity index (χ4v) is 17.2. The number of nitrogens with two attached hydrogens (primary N) is 1. The zero-order valence-electron chi connectivity index (χ0n) is 89.6. The molecule has 6 aromatic rings. The predicted molar refractivity (Wildman–Crippen MR) is 596 cm³/mol. The minimum absolute atomic E-state index is 0.00768. The fraction of sp³-hybridized carbons (Fsp3) is 0.531. The fourth-order valence-electron chi connectivity index (χ4n) is 15.5. The zero-order valence-corrected chi connectivity index (χ0v) is 99.1. The average Bonchev–Trinajstić information content (AvgIpc) is 0.901. The number of nitrogens with one attached hydrogen (secondary N) is 6. The number of aliphatic carboxylic acids is 3. The number of hydrogen-bond donors (Lipinski definition) is 11. The summed E-state index contributed by atoms with van der Waals surface area (Å²) in [4.78, 5) is 204. The van der Waals surface area contributed by atoms with Crippen LogP contribution in [0.3, 0.4) is 0 Å². The Hall–Kier alpha value is -9.59. The van der Waals surface area contributed by atoms with Crippen LogP contribution in [0, 0.1) is 94.5 Å². The lowest BCUT2D eigenvalue weighted by atomic mass is 9.89. The number of carboxylic acid groups (broad SMARTS) is 3. The van der Waals surface area contributed by atoms with Crippen LogP contribution in [-0.2, 0) is 120 Å². The molecule has 28 nitrogen and oxygen atoms in total. The van der Waals surface area contributed by atoms with E-state index in [2.05, 4.69) is 127 Å². The van der Waals surface area contributed by atoms with Gasteiger partial charge in [0.2, 0.25) is 41.4 Å². The third kappa shape index (κ3) is 62.2. The Morgan fingerprint density at radius 2 is 0.530 bits per heavy atom. The maximum atomic E-state index is 13.9. The highest BCUT2D eigenvalue weighted by Crippen LogP contribution is 2.29. The third-order valence-electron chi connectivity index (χ3n) is 22.8. The number of benzene rings is 6. The number of aliphatic hydroxyl groups is 1. The Labute approximate surface area is 928 Å². The largest absolute Gasteiger partial charge is 0.480 e. The van der Waals surface area contributed by atoms with Crippen molar-refractivity contribution in [1.29, 1.82) is 0 Å². The van der Waals surface area contributed by atoms with Gasteiger partial charge in [-0.25, -0.2) is 13.6 Å². The lowest BCUT2D eigenvalue weighted by Gasteiger charge is -2.24. The number of carbonyl (C=O) groups is 17. The summed E-state index contributed by atoms with van der Waals surface area (Å²) in [7, 11) is 0. The monoisotopic (exact) mass is 2460 g/mol. The standard InChI is InChI=1S/C20H29BrN2O3.C20H28BrNO4.C19H28BrNO3.C18H23BrFNO4.C18H23BrFNO3.C18H24BrNO4/c1-12(2)9-15(20(26)23-18(13(3)4)19(22)25)11-17(24)10-14-5-7-16(21)8-6-14;1-12(2)9-15(19(24)22-18(13(3)4)20(25)26)11-17(23)10-14-5-7-16(21)8-6-14;1-13(2)9-15(18(23)21-12-19(3,4)24)11-17(22)10-14-5-7-16(20)8-6-14;1-10(2)6-13(17(23)21-11(3)18(24)25)8-15(22)7-12-4-5-14(19)9-16(12)20;1-11(2)6-14(18(24)21-10-12(3)22)8-16(23)7-13-4-5-15(19)9-17(13)20;1-11(2)8-14(17(22)20-12(3)18(23)24)10-16(21)9-13-4-6-15(19)7-5-13/h5-8,12-13,15,18H,9-11H2,1-4H3,(H2,22,25)(H,23,26);5-8,12-13,15,18H,9-11H2,1-4H3,(H,22,24)(H,25,26);5-8,13,15,24H,9-12H2,1-4H3,(H,21,23);4-5,9-11,13H,6-8H2,1-3H3,(H,21,23)(H,24,25);4-5,9,11,14H,6-8,10H2,1-3H3,(H,21,24);4-7,11-12,14H,8-10H2,1-3H3,(H,20,22)(H,23,24)/t2*15-,18+;15-;11-,13+;14-;12-,14+/m111010/s1. The number of amides is 7. The summed E-state index contributed by atoms with van der Waals surface area (Å²) in [6.45, 7) is 38.5. The quantitative estimate of drug-likeness (QED) is 0.0169. The van der Waals surface area contributed by atoms with Crippen LogP contribution in [0.1, 0.15) is 256 Å². The Balaban J connectivity index is 0.000000894. The molecule has 0 bridgehead atoms. The molecule has 0 spiro atoms. The summed E-state index contributed by atoms with van der Waals surface area (Å²) in [5.74, 6) is -9.14. The molecule has 0 saturated heterocycles.